The molecule has 0 spiro atoms. The number of alkyl halides is 1. The predicted octanol–water partition coefficient (Wildman–Crippen LogP) is 3.65. The standard InChI is InChI=1S/C15H15FO5S/c1-8(16)21-12-7-13-9(5-11(12)20-2)6-14(22-13)10(17)3-4-15(18)19/h5-8H,3-4H2,1-2H3,(H,18,19). The minimum atomic E-state index is -1.48. The molecule has 7 heteroatoms. The third-order valence-corrected chi connectivity index (χ3v) is 4.07. The average Bonchev–Trinajstić information content (AvgIpc) is 2.85. The van der Waals surface area contributed by atoms with Crippen LogP contribution in [0.1, 0.15) is 29.4 Å². The SMILES string of the molecule is COc1cc2cc(C(=O)CCC(=O)O)sc2cc1OC(C)F. The van der Waals surface area contributed by atoms with Crippen LogP contribution in [-0.4, -0.2) is 30.3 Å². The lowest BCUT2D eigenvalue weighted by molar-refractivity contribution is -0.136. The number of halogens is 1. The summed E-state index contributed by atoms with van der Waals surface area (Å²) < 4.78 is 24.0. The van der Waals surface area contributed by atoms with Crippen molar-refractivity contribution in [1.29, 1.82) is 0 Å². The monoisotopic (exact) mass is 326 g/mol. The van der Waals surface area contributed by atoms with Gasteiger partial charge in [0.05, 0.1) is 18.4 Å². The zero-order valence-electron chi connectivity index (χ0n) is 12.1. The van der Waals surface area contributed by atoms with Gasteiger partial charge < -0.3 is 14.6 Å². The number of hydrogen-bond acceptors (Lipinski definition) is 5. The summed E-state index contributed by atoms with van der Waals surface area (Å²) in [5.74, 6) is -0.608. The number of rotatable bonds is 7. The summed E-state index contributed by atoms with van der Waals surface area (Å²) in [7, 11) is 1.45. The molecule has 0 saturated carbocycles. The van der Waals surface area contributed by atoms with Crippen LogP contribution in [0.5, 0.6) is 11.5 Å². The van der Waals surface area contributed by atoms with Crippen LogP contribution in [0.4, 0.5) is 4.39 Å². The minimum absolute atomic E-state index is 0.0514. The Morgan fingerprint density at radius 1 is 1.27 bits per heavy atom. The van der Waals surface area contributed by atoms with Crippen molar-refractivity contribution in [3.05, 3.63) is 23.1 Å². The van der Waals surface area contributed by atoms with Gasteiger partial charge in [-0.15, -0.1) is 11.3 Å². The first-order valence-electron chi connectivity index (χ1n) is 6.58. The molecule has 0 aliphatic heterocycles. The lowest BCUT2D eigenvalue weighted by Crippen LogP contribution is -2.04. The maximum absolute atomic E-state index is 13.0. The number of ketones is 1. The molecule has 5 nitrogen and oxygen atoms in total. The smallest absolute Gasteiger partial charge is 0.303 e. The van der Waals surface area contributed by atoms with Gasteiger partial charge in [0.2, 0.25) is 6.36 Å². The third kappa shape index (κ3) is 3.73. The summed E-state index contributed by atoms with van der Waals surface area (Å²) in [6.07, 6.45) is -1.74. The number of benzene rings is 1. The summed E-state index contributed by atoms with van der Waals surface area (Å²) in [4.78, 5) is 22.9. The van der Waals surface area contributed by atoms with Gasteiger partial charge in [-0.25, -0.2) is 4.39 Å². The molecule has 1 atom stereocenters. The summed E-state index contributed by atoms with van der Waals surface area (Å²) in [5.41, 5.74) is 0. The highest BCUT2D eigenvalue weighted by Gasteiger charge is 2.15. The first-order valence-corrected chi connectivity index (χ1v) is 7.39. The van der Waals surface area contributed by atoms with Crippen LogP contribution in [0.15, 0.2) is 18.2 Å². The van der Waals surface area contributed by atoms with E-state index < -0.39 is 12.3 Å². The van der Waals surface area contributed by atoms with Crippen LogP contribution in [0, 0.1) is 0 Å². The van der Waals surface area contributed by atoms with Crippen molar-refractivity contribution in [3.63, 3.8) is 0 Å². The van der Waals surface area contributed by atoms with Gasteiger partial charge in [0.1, 0.15) is 0 Å². The average molecular weight is 326 g/mol. The van der Waals surface area contributed by atoms with Crippen molar-refractivity contribution in [2.24, 2.45) is 0 Å². The van der Waals surface area contributed by atoms with E-state index >= 15 is 0 Å². The van der Waals surface area contributed by atoms with Crippen LogP contribution in [0.25, 0.3) is 10.1 Å². The number of carboxylic acid groups (broad SMARTS) is 1. The van der Waals surface area contributed by atoms with E-state index in [-0.39, 0.29) is 24.4 Å². The molecule has 1 aromatic carbocycles. The molecule has 2 rings (SSSR count). The molecule has 22 heavy (non-hydrogen) atoms. The largest absolute Gasteiger partial charge is 0.493 e. The van der Waals surface area contributed by atoms with E-state index in [2.05, 4.69) is 0 Å². The van der Waals surface area contributed by atoms with E-state index in [0.717, 1.165) is 10.1 Å². The van der Waals surface area contributed by atoms with Gasteiger partial charge >= 0.3 is 5.97 Å². The number of thiophene rings is 1. The number of carboxylic acids is 1. The van der Waals surface area contributed by atoms with Crippen LogP contribution >= 0.6 is 11.3 Å². The first-order chi connectivity index (χ1) is 10.4. The number of Topliss-reactive ketones (excluding diaryl/α,β-unsaturated/α-hetero) is 1. The van der Waals surface area contributed by atoms with Gasteiger partial charge in [-0.3, -0.25) is 9.59 Å². The van der Waals surface area contributed by atoms with Crippen LogP contribution in [-0.2, 0) is 4.79 Å². The molecule has 0 amide bonds. The number of carbonyl (C=O) groups excluding carboxylic acids is 1. The van der Waals surface area contributed by atoms with Gasteiger partial charge in [0.15, 0.2) is 17.3 Å². The molecule has 0 radical (unpaired) electrons. The van der Waals surface area contributed by atoms with E-state index in [4.69, 9.17) is 14.6 Å². The van der Waals surface area contributed by atoms with Gasteiger partial charge in [0, 0.05) is 24.1 Å². The Hall–Kier alpha value is -2.15. The Labute approximate surface area is 130 Å². The Kier molecular flexibility index (Phi) is 4.97. The van der Waals surface area contributed by atoms with E-state index in [1.165, 1.54) is 25.4 Å². The van der Waals surface area contributed by atoms with Crippen molar-refractivity contribution in [2.45, 2.75) is 26.1 Å². The van der Waals surface area contributed by atoms with Crippen molar-refractivity contribution in [3.8, 4) is 11.5 Å². The zero-order chi connectivity index (χ0) is 16.3. The molecule has 2 aromatic rings. The maximum Gasteiger partial charge on any atom is 0.303 e. The number of aliphatic carboxylic acids is 1. The molecule has 1 unspecified atom stereocenters. The molecule has 0 aliphatic carbocycles. The van der Waals surface area contributed by atoms with Crippen molar-refractivity contribution < 1.29 is 28.6 Å². The summed E-state index contributed by atoms with van der Waals surface area (Å²) >= 11 is 1.22. The lowest BCUT2D eigenvalue weighted by Gasteiger charge is -2.11. The normalized spacial score (nSPS) is 12.1. The second-order valence-corrected chi connectivity index (χ2v) is 5.71. The first kappa shape index (κ1) is 16.2. The highest BCUT2D eigenvalue weighted by Crippen LogP contribution is 2.37. The van der Waals surface area contributed by atoms with E-state index in [9.17, 15) is 14.0 Å². The maximum atomic E-state index is 13.0. The van der Waals surface area contributed by atoms with Crippen LogP contribution < -0.4 is 9.47 Å². The second-order valence-electron chi connectivity index (χ2n) is 4.63. The Bertz CT molecular complexity index is 707. The van der Waals surface area contributed by atoms with Gasteiger partial charge in [-0.1, -0.05) is 0 Å². The molecule has 1 aromatic heterocycles. The molecular formula is C15H15FO5S. The molecule has 0 bridgehead atoms. The topological polar surface area (TPSA) is 72.8 Å². The van der Waals surface area contributed by atoms with Crippen molar-refractivity contribution in [2.75, 3.05) is 7.11 Å². The summed E-state index contributed by atoms with van der Waals surface area (Å²) in [5, 5.41) is 9.38. The van der Waals surface area contributed by atoms with Gasteiger partial charge in [-0.05, 0) is 17.5 Å². The number of ether oxygens (including phenoxy) is 2. The molecular weight excluding hydrogens is 311 g/mol. The summed E-state index contributed by atoms with van der Waals surface area (Å²) in [6, 6.07) is 4.95. The fraction of sp³-hybridized carbons (Fsp3) is 0.333. The fourth-order valence-electron chi connectivity index (χ4n) is 1.96. The molecule has 0 fully saturated rings. The third-order valence-electron chi connectivity index (χ3n) is 2.93. The second kappa shape index (κ2) is 6.74. The Morgan fingerprint density at radius 3 is 2.59 bits per heavy atom. The van der Waals surface area contributed by atoms with Gasteiger partial charge in [-0.2, -0.15) is 0 Å². The highest BCUT2D eigenvalue weighted by molar-refractivity contribution is 7.20. The van der Waals surface area contributed by atoms with E-state index in [0.29, 0.717) is 10.6 Å². The van der Waals surface area contributed by atoms with Crippen LogP contribution in [0.3, 0.4) is 0 Å². The lowest BCUT2D eigenvalue weighted by atomic mass is 10.1. The van der Waals surface area contributed by atoms with Crippen LogP contribution in [0.2, 0.25) is 0 Å². The fourth-order valence-corrected chi connectivity index (χ4v) is 3.00. The molecule has 1 heterocycles. The van der Waals surface area contributed by atoms with E-state index in [1.807, 2.05) is 0 Å². The van der Waals surface area contributed by atoms with E-state index in [1.54, 1.807) is 18.2 Å². The number of fused-ring (bicyclic) bond motifs is 1. The number of hydrogen-bond donors (Lipinski definition) is 1. The Balaban J connectivity index is 2.33. The minimum Gasteiger partial charge on any atom is -0.493 e. The quantitative estimate of drug-likeness (QED) is 0.786. The summed E-state index contributed by atoms with van der Waals surface area (Å²) in [6.45, 7) is 1.26. The van der Waals surface area contributed by atoms with Crippen molar-refractivity contribution >= 4 is 33.2 Å². The number of carbonyl (C=O) groups is 2. The molecule has 0 aliphatic rings. The highest BCUT2D eigenvalue weighted by atomic mass is 32.1. The van der Waals surface area contributed by atoms with Crippen molar-refractivity contribution in [1.82, 2.24) is 0 Å². The molecule has 0 saturated heterocycles. The van der Waals surface area contributed by atoms with Gasteiger partial charge in [0.25, 0.3) is 0 Å². The zero-order valence-corrected chi connectivity index (χ0v) is 12.9. The Morgan fingerprint density at radius 2 is 2.00 bits per heavy atom. The molecule has 1 N–H and O–H groups in total. The predicted molar refractivity (Wildman–Crippen MR) is 80.8 cm³/mol. The molecule has 118 valence electrons. The number of methoxy groups -OCH3 is 1.